The van der Waals surface area contributed by atoms with Crippen molar-refractivity contribution in [1.29, 1.82) is 0 Å². The van der Waals surface area contributed by atoms with E-state index in [4.69, 9.17) is 9.47 Å². The van der Waals surface area contributed by atoms with Gasteiger partial charge in [0.2, 0.25) is 0 Å². The number of hydrogen-bond donors (Lipinski definition) is 1. The Balaban J connectivity index is 1.32. The molecule has 2 amide bonds. The van der Waals surface area contributed by atoms with E-state index in [9.17, 15) is 4.79 Å². The Morgan fingerprint density at radius 2 is 1.88 bits per heavy atom. The average molecular weight is 345 g/mol. The minimum atomic E-state index is 0.0524. The van der Waals surface area contributed by atoms with Gasteiger partial charge in [0.05, 0.1) is 0 Å². The Labute approximate surface area is 149 Å². The minimum Gasteiger partial charge on any atom is -0.486 e. The molecule has 4 rings (SSSR count). The average Bonchev–Trinajstić information content (AvgIpc) is 3.32. The summed E-state index contributed by atoms with van der Waals surface area (Å²) in [5, 5.41) is 3.07. The molecule has 3 aliphatic heterocycles. The van der Waals surface area contributed by atoms with Crippen molar-refractivity contribution in [1.82, 2.24) is 15.1 Å². The van der Waals surface area contributed by atoms with Crippen molar-refractivity contribution in [3.63, 3.8) is 0 Å². The molecule has 1 aromatic carbocycles. The molecule has 3 aliphatic rings. The van der Waals surface area contributed by atoms with Crippen molar-refractivity contribution in [3.8, 4) is 11.5 Å². The number of hydrogen-bond acceptors (Lipinski definition) is 4. The normalized spacial score (nSPS) is 23.0. The standard InChI is InChI=1S/C19H27N3O3/c23-19(22-9-3-4-16(22)14-21-7-1-2-8-21)20-13-15-5-6-17-18(12-15)25-11-10-24-17/h5-6,12,16H,1-4,7-11,13-14H2,(H,20,23)/t16-/m0/s1. The number of urea groups is 1. The fourth-order valence-corrected chi connectivity index (χ4v) is 4.03. The van der Waals surface area contributed by atoms with Crippen molar-refractivity contribution in [2.75, 3.05) is 39.4 Å². The van der Waals surface area contributed by atoms with Gasteiger partial charge in [-0.05, 0) is 56.5 Å². The molecular formula is C19H27N3O3. The van der Waals surface area contributed by atoms with Crippen LogP contribution < -0.4 is 14.8 Å². The second-order valence-electron chi connectivity index (χ2n) is 7.13. The summed E-state index contributed by atoms with van der Waals surface area (Å²) in [5.41, 5.74) is 1.04. The van der Waals surface area contributed by atoms with Gasteiger partial charge in [-0.25, -0.2) is 4.79 Å². The van der Waals surface area contributed by atoms with Crippen LogP contribution in [0.3, 0.4) is 0 Å². The number of carbonyl (C=O) groups is 1. The number of carbonyl (C=O) groups excluding carboxylic acids is 1. The number of ether oxygens (including phenoxy) is 2. The molecule has 1 aromatic rings. The van der Waals surface area contributed by atoms with Gasteiger partial charge < -0.3 is 24.6 Å². The third-order valence-corrected chi connectivity index (χ3v) is 5.36. The van der Waals surface area contributed by atoms with Crippen molar-refractivity contribution >= 4 is 6.03 Å². The number of likely N-dealkylation sites (tertiary alicyclic amines) is 2. The highest BCUT2D eigenvalue weighted by Crippen LogP contribution is 2.30. The van der Waals surface area contributed by atoms with Crippen LogP contribution in [-0.2, 0) is 6.54 Å². The molecule has 0 spiro atoms. The number of amides is 2. The summed E-state index contributed by atoms with van der Waals surface area (Å²) in [4.78, 5) is 17.2. The van der Waals surface area contributed by atoms with Crippen LogP contribution in [0.5, 0.6) is 11.5 Å². The molecule has 2 fully saturated rings. The molecule has 1 atom stereocenters. The maximum absolute atomic E-state index is 12.6. The van der Waals surface area contributed by atoms with E-state index in [-0.39, 0.29) is 6.03 Å². The first kappa shape index (κ1) is 16.5. The molecule has 0 radical (unpaired) electrons. The molecule has 1 N–H and O–H groups in total. The Morgan fingerprint density at radius 3 is 2.72 bits per heavy atom. The molecule has 0 unspecified atom stereocenters. The Morgan fingerprint density at radius 1 is 1.08 bits per heavy atom. The third-order valence-electron chi connectivity index (χ3n) is 5.36. The smallest absolute Gasteiger partial charge is 0.317 e. The second-order valence-corrected chi connectivity index (χ2v) is 7.13. The lowest BCUT2D eigenvalue weighted by Crippen LogP contribution is -2.46. The summed E-state index contributed by atoms with van der Waals surface area (Å²) >= 11 is 0. The number of benzene rings is 1. The van der Waals surface area contributed by atoms with Gasteiger partial charge in [0.15, 0.2) is 11.5 Å². The first-order chi connectivity index (χ1) is 12.3. The molecule has 25 heavy (non-hydrogen) atoms. The lowest BCUT2D eigenvalue weighted by Gasteiger charge is -2.28. The van der Waals surface area contributed by atoms with Gasteiger partial charge >= 0.3 is 6.03 Å². The van der Waals surface area contributed by atoms with Gasteiger partial charge in [-0.2, -0.15) is 0 Å². The molecule has 6 heteroatoms. The molecule has 6 nitrogen and oxygen atoms in total. The second kappa shape index (κ2) is 7.52. The van der Waals surface area contributed by atoms with Crippen LogP contribution in [0, 0.1) is 0 Å². The predicted molar refractivity (Wildman–Crippen MR) is 95.1 cm³/mol. The molecule has 3 heterocycles. The first-order valence-corrected chi connectivity index (χ1v) is 9.45. The van der Waals surface area contributed by atoms with Gasteiger partial charge in [0.25, 0.3) is 0 Å². The molecule has 0 aromatic heterocycles. The fourth-order valence-electron chi connectivity index (χ4n) is 4.03. The SMILES string of the molecule is O=C(NCc1ccc2c(c1)OCCO2)N1CCC[C@H]1CN1CCCC1. The van der Waals surface area contributed by atoms with Crippen molar-refractivity contribution in [2.45, 2.75) is 38.3 Å². The zero-order valence-corrected chi connectivity index (χ0v) is 14.7. The van der Waals surface area contributed by atoms with E-state index in [1.165, 1.54) is 25.9 Å². The number of rotatable bonds is 4. The highest BCUT2D eigenvalue weighted by atomic mass is 16.6. The van der Waals surface area contributed by atoms with E-state index in [2.05, 4.69) is 10.2 Å². The maximum Gasteiger partial charge on any atom is 0.317 e. The fraction of sp³-hybridized carbons (Fsp3) is 0.632. The summed E-state index contributed by atoms with van der Waals surface area (Å²) in [6.45, 7) is 5.95. The molecule has 0 aliphatic carbocycles. The Kier molecular flexibility index (Phi) is 4.97. The number of nitrogens with one attached hydrogen (secondary N) is 1. The summed E-state index contributed by atoms with van der Waals surface area (Å²) in [6.07, 6.45) is 4.82. The molecule has 0 bridgehead atoms. The summed E-state index contributed by atoms with van der Waals surface area (Å²) in [7, 11) is 0. The van der Waals surface area contributed by atoms with E-state index < -0.39 is 0 Å². The molecule has 0 saturated carbocycles. The van der Waals surface area contributed by atoms with Gasteiger partial charge in [0, 0.05) is 25.7 Å². The van der Waals surface area contributed by atoms with Crippen LogP contribution in [0.4, 0.5) is 4.79 Å². The molecule has 2 saturated heterocycles. The molecular weight excluding hydrogens is 318 g/mol. The topological polar surface area (TPSA) is 54.0 Å². The van der Waals surface area contributed by atoms with E-state index in [0.29, 0.717) is 25.8 Å². The van der Waals surface area contributed by atoms with Crippen LogP contribution in [0.2, 0.25) is 0 Å². The van der Waals surface area contributed by atoms with Crippen molar-refractivity contribution in [3.05, 3.63) is 23.8 Å². The summed E-state index contributed by atoms with van der Waals surface area (Å²) in [6, 6.07) is 6.28. The van der Waals surface area contributed by atoms with Gasteiger partial charge in [-0.15, -0.1) is 0 Å². The van der Waals surface area contributed by atoms with Crippen LogP contribution in [0.25, 0.3) is 0 Å². The van der Waals surface area contributed by atoms with E-state index >= 15 is 0 Å². The summed E-state index contributed by atoms with van der Waals surface area (Å²) in [5.74, 6) is 1.55. The quantitative estimate of drug-likeness (QED) is 0.909. The third kappa shape index (κ3) is 3.84. The highest BCUT2D eigenvalue weighted by molar-refractivity contribution is 5.75. The summed E-state index contributed by atoms with van der Waals surface area (Å²) < 4.78 is 11.1. The highest BCUT2D eigenvalue weighted by Gasteiger charge is 2.30. The van der Waals surface area contributed by atoms with Crippen molar-refractivity contribution in [2.24, 2.45) is 0 Å². The van der Waals surface area contributed by atoms with Crippen LogP contribution >= 0.6 is 0 Å². The lowest BCUT2D eigenvalue weighted by molar-refractivity contribution is 0.171. The largest absolute Gasteiger partial charge is 0.486 e. The first-order valence-electron chi connectivity index (χ1n) is 9.45. The zero-order chi connectivity index (χ0) is 17.1. The zero-order valence-electron chi connectivity index (χ0n) is 14.7. The minimum absolute atomic E-state index is 0.0524. The van der Waals surface area contributed by atoms with E-state index in [1.807, 2.05) is 23.1 Å². The Hall–Kier alpha value is -1.95. The van der Waals surface area contributed by atoms with E-state index in [1.54, 1.807) is 0 Å². The van der Waals surface area contributed by atoms with Crippen LogP contribution in [0.1, 0.15) is 31.2 Å². The van der Waals surface area contributed by atoms with Crippen molar-refractivity contribution < 1.29 is 14.3 Å². The van der Waals surface area contributed by atoms with Crippen LogP contribution in [0.15, 0.2) is 18.2 Å². The number of nitrogens with zero attached hydrogens (tertiary/aromatic N) is 2. The Bertz CT molecular complexity index is 616. The maximum atomic E-state index is 12.6. The van der Waals surface area contributed by atoms with Gasteiger partial charge in [-0.1, -0.05) is 6.07 Å². The number of fused-ring (bicyclic) bond motifs is 1. The monoisotopic (exact) mass is 345 g/mol. The van der Waals surface area contributed by atoms with Gasteiger partial charge in [-0.3, -0.25) is 0 Å². The van der Waals surface area contributed by atoms with Crippen LogP contribution in [-0.4, -0.2) is 61.3 Å². The molecule has 136 valence electrons. The predicted octanol–water partition coefficient (Wildman–Crippen LogP) is 2.23. The van der Waals surface area contributed by atoms with Gasteiger partial charge in [0.1, 0.15) is 13.2 Å². The lowest BCUT2D eigenvalue weighted by atomic mass is 10.2. The van der Waals surface area contributed by atoms with E-state index in [0.717, 1.165) is 43.0 Å².